The Bertz CT molecular complexity index is 1240. The molecule has 4 rings (SSSR count). The van der Waals surface area contributed by atoms with E-state index in [9.17, 15) is 22.4 Å². The molecule has 1 heterocycles. The lowest BCUT2D eigenvalue weighted by Gasteiger charge is -2.27. The molecule has 0 N–H and O–H groups in total. The summed E-state index contributed by atoms with van der Waals surface area (Å²) < 4.78 is 41.5. The van der Waals surface area contributed by atoms with Crippen molar-refractivity contribution in [3.63, 3.8) is 0 Å². The SMILES string of the molecule is Cc1ccc(CN(C2CC(=O)N(c3ccccc3)C2=O)S(=O)(=O)c2ccc(F)cc2)cc1. The normalized spacial score (nSPS) is 16.7. The smallest absolute Gasteiger partial charge is 0.252 e. The molecule has 1 saturated heterocycles. The summed E-state index contributed by atoms with van der Waals surface area (Å²) in [7, 11) is -4.20. The fraction of sp³-hybridized carbons (Fsp3) is 0.167. The van der Waals surface area contributed by atoms with E-state index in [1.807, 2.05) is 19.1 Å². The van der Waals surface area contributed by atoms with Crippen LogP contribution in [0.2, 0.25) is 0 Å². The van der Waals surface area contributed by atoms with Crippen molar-refractivity contribution in [2.45, 2.75) is 30.8 Å². The van der Waals surface area contributed by atoms with Crippen molar-refractivity contribution in [3.05, 3.63) is 95.8 Å². The van der Waals surface area contributed by atoms with Gasteiger partial charge in [0.1, 0.15) is 11.9 Å². The van der Waals surface area contributed by atoms with Crippen LogP contribution in [0.1, 0.15) is 17.5 Å². The molecule has 0 saturated carbocycles. The Balaban J connectivity index is 1.75. The van der Waals surface area contributed by atoms with Gasteiger partial charge in [-0.2, -0.15) is 4.31 Å². The third kappa shape index (κ3) is 4.19. The zero-order chi connectivity index (χ0) is 22.9. The highest BCUT2D eigenvalue weighted by Gasteiger charge is 2.46. The van der Waals surface area contributed by atoms with Gasteiger partial charge in [-0.25, -0.2) is 17.7 Å². The van der Waals surface area contributed by atoms with Gasteiger partial charge in [-0.3, -0.25) is 9.59 Å². The highest BCUT2D eigenvalue weighted by atomic mass is 32.2. The van der Waals surface area contributed by atoms with Crippen molar-refractivity contribution in [3.8, 4) is 0 Å². The molecular weight excluding hydrogens is 431 g/mol. The first-order valence-corrected chi connectivity index (χ1v) is 11.5. The van der Waals surface area contributed by atoms with Gasteiger partial charge in [0.2, 0.25) is 15.9 Å². The van der Waals surface area contributed by atoms with Crippen LogP contribution in [0, 0.1) is 12.7 Å². The molecule has 0 spiro atoms. The van der Waals surface area contributed by atoms with E-state index < -0.39 is 33.7 Å². The lowest BCUT2D eigenvalue weighted by molar-refractivity contribution is -0.122. The van der Waals surface area contributed by atoms with Crippen LogP contribution in [0.15, 0.2) is 83.8 Å². The maximum atomic E-state index is 13.5. The molecule has 2 amide bonds. The molecule has 1 aliphatic heterocycles. The number of imide groups is 1. The van der Waals surface area contributed by atoms with E-state index in [0.717, 1.165) is 39.0 Å². The van der Waals surface area contributed by atoms with Crippen LogP contribution >= 0.6 is 0 Å². The van der Waals surface area contributed by atoms with Gasteiger partial charge in [0.15, 0.2) is 0 Å². The zero-order valence-electron chi connectivity index (χ0n) is 17.3. The molecule has 1 unspecified atom stereocenters. The van der Waals surface area contributed by atoms with Crippen molar-refractivity contribution in [2.24, 2.45) is 0 Å². The fourth-order valence-corrected chi connectivity index (χ4v) is 5.24. The van der Waals surface area contributed by atoms with Gasteiger partial charge in [-0.15, -0.1) is 0 Å². The lowest BCUT2D eigenvalue weighted by Crippen LogP contribution is -2.45. The number of benzene rings is 3. The molecule has 6 nitrogen and oxygen atoms in total. The van der Waals surface area contributed by atoms with Crippen LogP contribution in [0.25, 0.3) is 0 Å². The summed E-state index contributed by atoms with van der Waals surface area (Å²) >= 11 is 0. The Morgan fingerprint density at radius 3 is 2.19 bits per heavy atom. The molecule has 3 aromatic carbocycles. The van der Waals surface area contributed by atoms with Crippen LogP contribution in [0.5, 0.6) is 0 Å². The van der Waals surface area contributed by atoms with Crippen molar-refractivity contribution < 1.29 is 22.4 Å². The molecule has 3 aromatic rings. The number of halogens is 1. The van der Waals surface area contributed by atoms with E-state index in [0.29, 0.717) is 11.3 Å². The number of anilines is 1. The van der Waals surface area contributed by atoms with Crippen molar-refractivity contribution >= 4 is 27.5 Å². The lowest BCUT2D eigenvalue weighted by atomic mass is 10.1. The molecule has 1 fully saturated rings. The monoisotopic (exact) mass is 452 g/mol. The minimum absolute atomic E-state index is 0.105. The molecule has 0 aromatic heterocycles. The van der Waals surface area contributed by atoms with Crippen molar-refractivity contribution in [1.82, 2.24) is 4.31 Å². The summed E-state index contributed by atoms with van der Waals surface area (Å²) in [6.45, 7) is 1.81. The number of sulfonamides is 1. The third-order valence-corrected chi connectivity index (χ3v) is 7.23. The summed E-state index contributed by atoms with van der Waals surface area (Å²) in [6.07, 6.45) is -0.278. The van der Waals surface area contributed by atoms with Crippen LogP contribution in [0.4, 0.5) is 10.1 Å². The first-order chi connectivity index (χ1) is 15.3. The summed E-state index contributed by atoms with van der Waals surface area (Å²) in [6, 6.07) is 18.8. The molecule has 32 heavy (non-hydrogen) atoms. The van der Waals surface area contributed by atoms with Gasteiger partial charge in [0.05, 0.1) is 17.0 Å². The van der Waals surface area contributed by atoms with Crippen LogP contribution in [-0.4, -0.2) is 30.6 Å². The van der Waals surface area contributed by atoms with E-state index in [1.54, 1.807) is 42.5 Å². The molecule has 1 atom stereocenters. The van der Waals surface area contributed by atoms with Crippen molar-refractivity contribution in [2.75, 3.05) is 4.90 Å². The zero-order valence-corrected chi connectivity index (χ0v) is 18.1. The number of para-hydroxylation sites is 1. The predicted octanol–water partition coefficient (Wildman–Crippen LogP) is 3.66. The second-order valence-electron chi connectivity index (χ2n) is 7.61. The van der Waals surface area contributed by atoms with Gasteiger partial charge >= 0.3 is 0 Å². The number of carbonyl (C=O) groups is 2. The summed E-state index contributed by atoms with van der Waals surface area (Å²) in [5, 5.41) is 0. The maximum Gasteiger partial charge on any atom is 0.252 e. The van der Waals surface area contributed by atoms with Gasteiger partial charge < -0.3 is 0 Å². The predicted molar refractivity (Wildman–Crippen MR) is 118 cm³/mol. The minimum Gasteiger partial charge on any atom is -0.274 e. The molecule has 0 bridgehead atoms. The maximum absolute atomic E-state index is 13.5. The minimum atomic E-state index is -4.20. The average Bonchev–Trinajstić information content (AvgIpc) is 3.07. The molecular formula is C24H21FN2O4S. The first kappa shape index (κ1) is 21.9. The highest BCUT2D eigenvalue weighted by molar-refractivity contribution is 7.89. The Morgan fingerprint density at radius 1 is 0.938 bits per heavy atom. The molecule has 0 radical (unpaired) electrons. The number of aryl methyl sites for hydroxylation is 1. The Labute approximate surface area is 185 Å². The van der Waals surface area contributed by atoms with Gasteiger partial charge in [-0.05, 0) is 48.9 Å². The average molecular weight is 453 g/mol. The highest BCUT2D eigenvalue weighted by Crippen LogP contribution is 2.30. The number of carbonyl (C=O) groups excluding carboxylic acids is 2. The third-order valence-electron chi connectivity index (χ3n) is 5.36. The van der Waals surface area contributed by atoms with Crippen LogP contribution < -0.4 is 4.90 Å². The quantitative estimate of drug-likeness (QED) is 0.535. The van der Waals surface area contributed by atoms with E-state index in [1.165, 1.54) is 0 Å². The summed E-state index contributed by atoms with van der Waals surface area (Å²) in [5.74, 6) is -1.66. The second-order valence-corrected chi connectivity index (χ2v) is 9.50. The van der Waals surface area contributed by atoms with E-state index in [-0.39, 0.29) is 17.9 Å². The molecule has 164 valence electrons. The van der Waals surface area contributed by atoms with E-state index >= 15 is 0 Å². The van der Waals surface area contributed by atoms with Crippen molar-refractivity contribution in [1.29, 1.82) is 0 Å². The second kappa shape index (κ2) is 8.64. The number of hydrogen-bond donors (Lipinski definition) is 0. The Morgan fingerprint density at radius 2 is 1.56 bits per heavy atom. The standard InChI is InChI=1S/C24H21FN2O4S/c1-17-7-9-18(10-8-17)16-26(32(30,31)21-13-11-19(25)12-14-21)22-15-23(28)27(24(22)29)20-5-3-2-4-6-20/h2-14,22H,15-16H2,1H3. The molecule has 0 aliphatic carbocycles. The summed E-state index contributed by atoms with van der Waals surface area (Å²) in [4.78, 5) is 26.9. The molecule has 1 aliphatic rings. The fourth-order valence-electron chi connectivity index (χ4n) is 3.67. The number of rotatable bonds is 6. The van der Waals surface area contributed by atoms with Crippen LogP contribution in [0.3, 0.4) is 0 Å². The van der Waals surface area contributed by atoms with E-state index in [4.69, 9.17) is 0 Å². The topological polar surface area (TPSA) is 74.8 Å². The first-order valence-electron chi connectivity index (χ1n) is 10.0. The summed E-state index contributed by atoms with van der Waals surface area (Å²) in [5.41, 5.74) is 2.06. The number of nitrogens with zero attached hydrogens (tertiary/aromatic N) is 2. The Kier molecular flexibility index (Phi) is 5.90. The molecule has 8 heteroatoms. The number of hydrogen-bond acceptors (Lipinski definition) is 4. The Hall–Kier alpha value is -3.36. The van der Waals surface area contributed by atoms with Gasteiger partial charge in [0.25, 0.3) is 5.91 Å². The van der Waals surface area contributed by atoms with Gasteiger partial charge in [-0.1, -0.05) is 48.0 Å². The number of amides is 2. The largest absolute Gasteiger partial charge is 0.274 e. The van der Waals surface area contributed by atoms with E-state index in [2.05, 4.69) is 0 Å². The van der Waals surface area contributed by atoms with Gasteiger partial charge in [0, 0.05) is 6.54 Å². The van der Waals surface area contributed by atoms with Crippen LogP contribution in [-0.2, 0) is 26.2 Å².